The van der Waals surface area contributed by atoms with Gasteiger partial charge in [-0.25, -0.2) is 0 Å². The number of oxime groups is 1. The van der Waals surface area contributed by atoms with Crippen LogP contribution in [0.4, 0.5) is 4.79 Å². The number of hydrogen-bond acceptors (Lipinski definition) is 7. The molecule has 3 rings (SSSR count). The van der Waals surface area contributed by atoms with Crippen molar-refractivity contribution in [1.29, 1.82) is 0 Å². The SMILES string of the molecule is O=C1NC(=O)C(Cc2ccc(OCCO/N=C/c3cccnc3)cc2)S1. The lowest BCUT2D eigenvalue weighted by Crippen LogP contribution is -2.25. The highest BCUT2D eigenvalue weighted by Gasteiger charge is 2.31. The highest BCUT2D eigenvalue weighted by molar-refractivity contribution is 8.15. The fourth-order valence-corrected chi connectivity index (χ4v) is 3.12. The molecule has 2 heterocycles. The normalized spacial score (nSPS) is 16.7. The number of benzene rings is 1. The molecule has 1 unspecified atom stereocenters. The van der Waals surface area contributed by atoms with E-state index >= 15 is 0 Å². The number of ether oxygens (including phenoxy) is 1. The van der Waals surface area contributed by atoms with Crippen LogP contribution in [0.25, 0.3) is 0 Å². The van der Waals surface area contributed by atoms with Crippen molar-refractivity contribution in [3.05, 3.63) is 59.9 Å². The molecule has 1 aliphatic heterocycles. The lowest BCUT2D eigenvalue weighted by atomic mass is 10.1. The van der Waals surface area contributed by atoms with Gasteiger partial charge >= 0.3 is 0 Å². The van der Waals surface area contributed by atoms with Crippen LogP contribution in [-0.2, 0) is 16.1 Å². The number of aromatic nitrogens is 1. The molecule has 0 radical (unpaired) electrons. The zero-order chi connectivity index (χ0) is 18.2. The first-order valence-electron chi connectivity index (χ1n) is 7.99. The van der Waals surface area contributed by atoms with Crippen LogP contribution in [0.2, 0.25) is 0 Å². The van der Waals surface area contributed by atoms with Crippen molar-refractivity contribution in [2.24, 2.45) is 5.16 Å². The molecule has 1 N–H and O–H groups in total. The van der Waals surface area contributed by atoms with Gasteiger partial charge in [-0.2, -0.15) is 0 Å². The Morgan fingerprint density at radius 1 is 1.19 bits per heavy atom. The largest absolute Gasteiger partial charge is 0.490 e. The number of nitrogens with zero attached hydrogens (tertiary/aromatic N) is 2. The van der Waals surface area contributed by atoms with Gasteiger partial charge in [-0.1, -0.05) is 35.1 Å². The number of imide groups is 1. The van der Waals surface area contributed by atoms with Crippen LogP contribution < -0.4 is 10.1 Å². The van der Waals surface area contributed by atoms with Gasteiger partial charge in [-0.15, -0.1) is 0 Å². The molecular formula is C18H17N3O4S. The van der Waals surface area contributed by atoms with Crippen molar-refractivity contribution in [3.8, 4) is 5.75 Å². The van der Waals surface area contributed by atoms with Gasteiger partial charge in [0.05, 0.1) is 11.5 Å². The predicted octanol–water partition coefficient (Wildman–Crippen LogP) is 2.41. The molecule has 1 aliphatic rings. The molecule has 26 heavy (non-hydrogen) atoms. The average Bonchev–Trinajstić information content (AvgIpc) is 2.97. The quantitative estimate of drug-likeness (QED) is 0.435. The van der Waals surface area contributed by atoms with Crippen molar-refractivity contribution in [1.82, 2.24) is 10.3 Å². The predicted molar refractivity (Wildman–Crippen MR) is 98.3 cm³/mol. The molecule has 1 aromatic heterocycles. The van der Waals surface area contributed by atoms with Gasteiger partial charge in [0.2, 0.25) is 5.91 Å². The Morgan fingerprint density at radius 3 is 2.73 bits per heavy atom. The maximum atomic E-state index is 11.6. The third-order valence-electron chi connectivity index (χ3n) is 3.52. The number of nitrogens with one attached hydrogen (secondary N) is 1. The second-order valence-corrected chi connectivity index (χ2v) is 6.61. The summed E-state index contributed by atoms with van der Waals surface area (Å²) in [7, 11) is 0. The third kappa shape index (κ3) is 5.32. The highest BCUT2D eigenvalue weighted by Crippen LogP contribution is 2.23. The first-order valence-corrected chi connectivity index (χ1v) is 8.87. The molecule has 1 saturated heterocycles. The third-order valence-corrected chi connectivity index (χ3v) is 4.50. The summed E-state index contributed by atoms with van der Waals surface area (Å²) in [6.45, 7) is 0.679. The molecule has 2 amide bonds. The highest BCUT2D eigenvalue weighted by atomic mass is 32.2. The van der Waals surface area contributed by atoms with Crippen LogP contribution in [0.5, 0.6) is 5.75 Å². The summed E-state index contributed by atoms with van der Waals surface area (Å²) in [5, 5.41) is 5.48. The van der Waals surface area contributed by atoms with Gasteiger partial charge < -0.3 is 9.57 Å². The van der Waals surface area contributed by atoms with Crippen LogP contribution in [0.15, 0.2) is 53.9 Å². The van der Waals surface area contributed by atoms with E-state index in [-0.39, 0.29) is 16.4 Å². The minimum atomic E-state index is -0.361. The molecular weight excluding hydrogens is 354 g/mol. The van der Waals surface area contributed by atoms with E-state index < -0.39 is 0 Å². The fraction of sp³-hybridized carbons (Fsp3) is 0.222. The van der Waals surface area contributed by atoms with Crippen LogP contribution in [-0.4, -0.2) is 40.8 Å². The molecule has 0 bridgehead atoms. The van der Waals surface area contributed by atoms with E-state index in [2.05, 4.69) is 15.5 Å². The topological polar surface area (TPSA) is 89.9 Å². The lowest BCUT2D eigenvalue weighted by molar-refractivity contribution is -0.118. The molecule has 8 heteroatoms. The minimum Gasteiger partial charge on any atom is -0.490 e. The van der Waals surface area contributed by atoms with Crippen molar-refractivity contribution in [3.63, 3.8) is 0 Å². The van der Waals surface area contributed by atoms with Crippen LogP contribution >= 0.6 is 11.8 Å². The van der Waals surface area contributed by atoms with Crippen molar-refractivity contribution in [2.45, 2.75) is 11.7 Å². The Morgan fingerprint density at radius 2 is 2.04 bits per heavy atom. The van der Waals surface area contributed by atoms with E-state index in [0.29, 0.717) is 25.4 Å². The van der Waals surface area contributed by atoms with E-state index in [1.54, 1.807) is 18.6 Å². The van der Waals surface area contributed by atoms with Gasteiger partial charge in [0.15, 0.2) is 6.61 Å². The van der Waals surface area contributed by atoms with E-state index in [4.69, 9.17) is 9.57 Å². The van der Waals surface area contributed by atoms with Gasteiger partial charge in [0.1, 0.15) is 12.4 Å². The summed E-state index contributed by atoms with van der Waals surface area (Å²) in [4.78, 5) is 31.8. The van der Waals surface area contributed by atoms with E-state index in [1.165, 1.54) is 0 Å². The monoisotopic (exact) mass is 371 g/mol. The zero-order valence-electron chi connectivity index (χ0n) is 13.8. The number of carbonyl (C=O) groups excluding carboxylic acids is 2. The number of rotatable bonds is 8. The lowest BCUT2D eigenvalue weighted by Gasteiger charge is -2.08. The molecule has 7 nitrogen and oxygen atoms in total. The average molecular weight is 371 g/mol. The van der Waals surface area contributed by atoms with Gasteiger partial charge in [-0.3, -0.25) is 19.9 Å². The van der Waals surface area contributed by atoms with E-state index in [1.807, 2.05) is 36.4 Å². The molecule has 134 valence electrons. The Hall–Kier alpha value is -2.87. The molecule has 1 atom stereocenters. The summed E-state index contributed by atoms with van der Waals surface area (Å²) in [6.07, 6.45) is 5.48. The van der Waals surface area contributed by atoms with E-state index in [0.717, 1.165) is 22.9 Å². The Kier molecular flexibility index (Phi) is 6.21. The Labute approximate surface area is 154 Å². The minimum absolute atomic E-state index is 0.232. The van der Waals surface area contributed by atoms with Gasteiger partial charge in [-0.05, 0) is 30.2 Å². The van der Waals surface area contributed by atoms with Crippen LogP contribution in [0.1, 0.15) is 11.1 Å². The summed E-state index contributed by atoms with van der Waals surface area (Å²) in [6, 6.07) is 11.1. The second kappa shape index (κ2) is 9.00. The van der Waals surface area contributed by atoms with E-state index in [9.17, 15) is 9.59 Å². The first kappa shape index (κ1) is 17.9. The standard InChI is InChI=1S/C18H17N3O4S/c22-17-16(26-18(23)21-17)10-13-3-5-15(6-4-13)24-8-9-25-20-12-14-2-1-7-19-11-14/h1-7,11-12,16H,8-10H2,(H,21,22,23)/b20-12+. The second-order valence-electron chi connectivity index (χ2n) is 5.43. The fourth-order valence-electron chi connectivity index (χ4n) is 2.26. The smallest absolute Gasteiger partial charge is 0.286 e. The molecule has 0 spiro atoms. The zero-order valence-corrected chi connectivity index (χ0v) is 14.6. The molecule has 2 aromatic rings. The number of amides is 2. The van der Waals surface area contributed by atoms with Crippen molar-refractivity contribution >= 4 is 29.1 Å². The summed E-state index contributed by atoms with van der Waals surface area (Å²) < 4.78 is 5.57. The first-order chi connectivity index (χ1) is 12.7. The Balaban J connectivity index is 1.37. The maximum absolute atomic E-state index is 11.6. The maximum Gasteiger partial charge on any atom is 0.286 e. The molecule has 0 aliphatic carbocycles. The number of thioether (sulfide) groups is 1. The van der Waals surface area contributed by atoms with Gasteiger partial charge in [0, 0.05) is 18.0 Å². The number of carbonyl (C=O) groups is 2. The van der Waals surface area contributed by atoms with Crippen molar-refractivity contribution in [2.75, 3.05) is 13.2 Å². The summed E-state index contributed by atoms with van der Waals surface area (Å²) >= 11 is 1.03. The molecule has 1 aromatic carbocycles. The van der Waals surface area contributed by atoms with Crippen LogP contribution in [0, 0.1) is 0 Å². The number of hydrogen-bond donors (Lipinski definition) is 1. The molecule has 0 saturated carbocycles. The summed E-state index contributed by atoms with van der Waals surface area (Å²) in [5.74, 6) is 0.470. The van der Waals surface area contributed by atoms with Gasteiger partial charge in [0.25, 0.3) is 5.24 Å². The van der Waals surface area contributed by atoms with Crippen LogP contribution in [0.3, 0.4) is 0 Å². The molecule has 1 fully saturated rings. The number of pyridine rings is 1. The van der Waals surface area contributed by atoms with Crippen molar-refractivity contribution < 1.29 is 19.2 Å². The summed E-state index contributed by atoms with van der Waals surface area (Å²) in [5.41, 5.74) is 1.83. The Bertz CT molecular complexity index is 781.